The van der Waals surface area contributed by atoms with E-state index in [1.165, 1.54) is 12.1 Å². The Morgan fingerprint density at radius 3 is 2.44 bits per heavy atom. The number of nitrogens with zero attached hydrogens (tertiary/aromatic N) is 1. The summed E-state index contributed by atoms with van der Waals surface area (Å²) in [5.74, 6) is -0.182. The fraction of sp³-hybridized carbons (Fsp3) is 0.278. The zero-order valence-electron chi connectivity index (χ0n) is 13.6. The van der Waals surface area contributed by atoms with Crippen molar-refractivity contribution in [2.45, 2.75) is 25.4 Å². The number of nitro groups is 1. The summed E-state index contributed by atoms with van der Waals surface area (Å²) in [6, 6.07) is 14.7. The lowest BCUT2D eigenvalue weighted by atomic mass is 10.1. The molecule has 2 aromatic carbocycles. The van der Waals surface area contributed by atoms with E-state index in [1.54, 1.807) is 36.4 Å². The molecule has 0 radical (unpaired) electrons. The summed E-state index contributed by atoms with van der Waals surface area (Å²) in [6.07, 6.45) is -0.873. The smallest absolute Gasteiger partial charge is 0.269 e. The van der Waals surface area contributed by atoms with Crippen LogP contribution in [-0.4, -0.2) is 29.6 Å². The van der Waals surface area contributed by atoms with E-state index < -0.39 is 11.2 Å². The fourth-order valence-electron chi connectivity index (χ4n) is 2.58. The van der Waals surface area contributed by atoms with Gasteiger partial charge in [0.15, 0.2) is 6.29 Å². The molecule has 3 rings (SSSR count). The lowest BCUT2D eigenvalue weighted by Crippen LogP contribution is -2.50. The number of hydrogen-bond donors (Lipinski definition) is 1. The number of amides is 1. The van der Waals surface area contributed by atoms with Crippen LogP contribution < -0.4 is 5.32 Å². The second-order valence-corrected chi connectivity index (χ2v) is 5.80. The molecule has 2 aromatic rings. The Kier molecular flexibility index (Phi) is 5.06. The van der Waals surface area contributed by atoms with E-state index in [4.69, 9.17) is 9.47 Å². The number of nitro benzene ring substituents is 1. The van der Waals surface area contributed by atoms with Gasteiger partial charge in [-0.25, -0.2) is 0 Å². The van der Waals surface area contributed by atoms with Crippen LogP contribution in [0.2, 0.25) is 0 Å². The minimum absolute atomic E-state index is 0.0145. The minimum atomic E-state index is -0.610. The third-order valence-electron chi connectivity index (χ3n) is 4.06. The lowest BCUT2D eigenvalue weighted by Gasteiger charge is -2.35. The molecule has 0 aliphatic carbocycles. The lowest BCUT2D eigenvalue weighted by molar-refractivity contribution is -0.384. The molecule has 7 heteroatoms. The summed E-state index contributed by atoms with van der Waals surface area (Å²) in [4.78, 5) is 22.5. The highest BCUT2D eigenvalue weighted by Gasteiger charge is 2.31. The number of carbonyl (C=O) groups excluding carboxylic acids is 1. The maximum Gasteiger partial charge on any atom is 0.269 e. The fourth-order valence-corrected chi connectivity index (χ4v) is 2.58. The Morgan fingerprint density at radius 1 is 1.16 bits per heavy atom. The molecule has 1 aliphatic rings. The van der Waals surface area contributed by atoms with E-state index in [-0.39, 0.29) is 23.7 Å². The minimum Gasteiger partial charge on any atom is -0.346 e. The van der Waals surface area contributed by atoms with Crippen molar-refractivity contribution in [2.24, 2.45) is 0 Å². The zero-order chi connectivity index (χ0) is 17.8. The average molecular weight is 342 g/mol. The molecular formula is C18H18N2O5. The summed E-state index contributed by atoms with van der Waals surface area (Å²) in [6.45, 7) is 2.15. The van der Waals surface area contributed by atoms with Gasteiger partial charge in [0.05, 0.1) is 23.7 Å². The van der Waals surface area contributed by atoms with Crippen molar-refractivity contribution in [3.8, 4) is 0 Å². The van der Waals surface area contributed by atoms with Crippen LogP contribution in [-0.2, 0) is 9.47 Å². The molecule has 1 N–H and O–H groups in total. The monoisotopic (exact) mass is 342 g/mol. The molecule has 1 saturated heterocycles. The molecule has 3 atom stereocenters. The van der Waals surface area contributed by atoms with Crippen molar-refractivity contribution in [3.05, 3.63) is 75.8 Å². The van der Waals surface area contributed by atoms with Crippen LogP contribution in [0.4, 0.5) is 5.69 Å². The standard InChI is InChI=1S/C18H18N2O5/c1-12-16(19-17(21)13-5-3-2-4-6-13)11-24-18(25-12)14-7-9-15(10-8-14)20(22)23/h2-10,12,16,18H,11H2,1H3,(H,19,21)/t12-,16+,18+/m0/s1. The van der Waals surface area contributed by atoms with Crippen LogP contribution in [0.5, 0.6) is 0 Å². The molecule has 1 heterocycles. The van der Waals surface area contributed by atoms with Gasteiger partial charge >= 0.3 is 0 Å². The van der Waals surface area contributed by atoms with Crippen molar-refractivity contribution in [2.75, 3.05) is 6.61 Å². The maximum absolute atomic E-state index is 12.2. The topological polar surface area (TPSA) is 90.7 Å². The van der Waals surface area contributed by atoms with Gasteiger partial charge in [-0.15, -0.1) is 0 Å². The molecule has 1 fully saturated rings. The van der Waals surface area contributed by atoms with Gasteiger partial charge in [0, 0.05) is 23.3 Å². The van der Waals surface area contributed by atoms with Crippen molar-refractivity contribution in [3.63, 3.8) is 0 Å². The van der Waals surface area contributed by atoms with Gasteiger partial charge in [-0.05, 0) is 31.2 Å². The van der Waals surface area contributed by atoms with Gasteiger partial charge in [0.2, 0.25) is 0 Å². The van der Waals surface area contributed by atoms with E-state index in [0.29, 0.717) is 17.7 Å². The van der Waals surface area contributed by atoms with E-state index in [9.17, 15) is 14.9 Å². The van der Waals surface area contributed by atoms with Crippen molar-refractivity contribution >= 4 is 11.6 Å². The Hall–Kier alpha value is -2.77. The number of nitrogens with one attached hydrogen (secondary N) is 1. The second-order valence-electron chi connectivity index (χ2n) is 5.80. The first kappa shape index (κ1) is 17.1. The molecule has 1 amide bonds. The molecule has 0 bridgehead atoms. The highest BCUT2D eigenvalue weighted by Crippen LogP contribution is 2.27. The molecule has 0 aromatic heterocycles. The van der Waals surface area contributed by atoms with Gasteiger partial charge in [-0.2, -0.15) is 0 Å². The molecular weight excluding hydrogens is 324 g/mol. The summed E-state index contributed by atoms with van der Waals surface area (Å²) in [7, 11) is 0. The van der Waals surface area contributed by atoms with Crippen LogP contribution in [0.15, 0.2) is 54.6 Å². The van der Waals surface area contributed by atoms with Gasteiger partial charge in [0.25, 0.3) is 11.6 Å². The predicted octanol–water partition coefficient (Wildman–Crippen LogP) is 2.83. The number of ether oxygens (including phenoxy) is 2. The maximum atomic E-state index is 12.2. The Bertz CT molecular complexity index is 748. The summed E-state index contributed by atoms with van der Waals surface area (Å²) in [5, 5.41) is 13.6. The average Bonchev–Trinajstić information content (AvgIpc) is 2.64. The van der Waals surface area contributed by atoms with Crippen LogP contribution in [0.1, 0.15) is 29.1 Å². The van der Waals surface area contributed by atoms with Crippen LogP contribution in [0.25, 0.3) is 0 Å². The van der Waals surface area contributed by atoms with Gasteiger partial charge in [-0.3, -0.25) is 14.9 Å². The SMILES string of the molecule is C[C@@H]1O[C@H](c2ccc([N+](=O)[O-])cc2)OC[C@H]1NC(=O)c1ccccc1. The largest absolute Gasteiger partial charge is 0.346 e. The summed E-state index contributed by atoms with van der Waals surface area (Å²) >= 11 is 0. The zero-order valence-corrected chi connectivity index (χ0v) is 13.6. The summed E-state index contributed by atoms with van der Waals surface area (Å²) < 4.78 is 11.5. The Morgan fingerprint density at radius 2 is 1.84 bits per heavy atom. The van der Waals surface area contributed by atoms with Gasteiger partial charge in [0.1, 0.15) is 0 Å². The molecule has 0 unspecified atom stereocenters. The first-order chi connectivity index (χ1) is 12.0. The number of hydrogen-bond acceptors (Lipinski definition) is 5. The van der Waals surface area contributed by atoms with E-state index in [2.05, 4.69) is 5.32 Å². The highest BCUT2D eigenvalue weighted by molar-refractivity contribution is 5.94. The van der Waals surface area contributed by atoms with Crippen molar-refractivity contribution in [1.82, 2.24) is 5.32 Å². The summed E-state index contributed by atoms with van der Waals surface area (Å²) in [5.41, 5.74) is 1.29. The van der Waals surface area contributed by atoms with Crippen molar-refractivity contribution in [1.29, 1.82) is 0 Å². The molecule has 0 saturated carbocycles. The Labute approximate surface area is 144 Å². The molecule has 130 valence electrons. The number of non-ortho nitro benzene ring substituents is 1. The number of rotatable bonds is 4. The number of carbonyl (C=O) groups is 1. The third kappa shape index (κ3) is 4.01. The predicted molar refractivity (Wildman–Crippen MR) is 90.0 cm³/mol. The first-order valence-corrected chi connectivity index (χ1v) is 7.92. The normalized spacial score (nSPS) is 23.0. The Balaban J connectivity index is 1.60. The first-order valence-electron chi connectivity index (χ1n) is 7.92. The third-order valence-corrected chi connectivity index (χ3v) is 4.06. The van der Waals surface area contributed by atoms with Crippen LogP contribution in [0.3, 0.4) is 0 Å². The highest BCUT2D eigenvalue weighted by atomic mass is 16.7. The van der Waals surface area contributed by atoms with Crippen molar-refractivity contribution < 1.29 is 19.2 Å². The van der Waals surface area contributed by atoms with Crippen LogP contribution in [0, 0.1) is 10.1 Å². The molecule has 1 aliphatic heterocycles. The number of benzene rings is 2. The van der Waals surface area contributed by atoms with Gasteiger partial charge in [-0.1, -0.05) is 18.2 Å². The molecule has 25 heavy (non-hydrogen) atoms. The van der Waals surface area contributed by atoms with E-state index in [0.717, 1.165) is 0 Å². The molecule has 0 spiro atoms. The van der Waals surface area contributed by atoms with Gasteiger partial charge < -0.3 is 14.8 Å². The van der Waals surface area contributed by atoms with E-state index in [1.807, 2.05) is 13.0 Å². The van der Waals surface area contributed by atoms with E-state index >= 15 is 0 Å². The molecule has 7 nitrogen and oxygen atoms in total. The van der Waals surface area contributed by atoms with Crippen LogP contribution >= 0.6 is 0 Å². The quantitative estimate of drug-likeness (QED) is 0.681. The second kappa shape index (κ2) is 7.42.